The van der Waals surface area contributed by atoms with Crippen LogP contribution in [0, 0.1) is 0 Å². The zero-order valence-electron chi connectivity index (χ0n) is 10.5. The van der Waals surface area contributed by atoms with Crippen LogP contribution in [0.25, 0.3) is 21.8 Å². The summed E-state index contributed by atoms with van der Waals surface area (Å²) in [5.41, 5.74) is 3.50. The highest BCUT2D eigenvalue weighted by Gasteiger charge is 2.16. The van der Waals surface area contributed by atoms with Gasteiger partial charge in [-0.2, -0.15) is 0 Å². The van der Waals surface area contributed by atoms with E-state index in [9.17, 15) is 0 Å². The smallest absolute Gasteiger partial charge is 0.0950 e. The molecule has 96 valence electrons. The van der Waals surface area contributed by atoms with Crippen LogP contribution in [0.2, 0.25) is 0 Å². The Bertz CT molecular complexity index is 728. The summed E-state index contributed by atoms with van der Waals surface area (Å²) in [4.78, 5) is 7.63. The van der Waals surface area contributed by atoms with E-state index in [0.717, 1.165) is 30.7 Å². The van der Waals surface area contributed by atoms with Gasteiger partial charge >= 0.3 is 0 Å². The molecule has 2 N–H and O–H groups in total. The van der Waals surface area contributed by atoms with Crippen molar-refractivity contribution in [3.05, 3.63) is 42.2 Å². The molecule has 0 amide bonds. The maximum Gasteiger partial charge on any atom is 0.0950 e. The van der Waals surface area contributed by atoms with Crippen molar-refractivity contribution in [1.82, 2.24) is 15.3 Å². The largest absolute Gasteiger partial charge is 0.371 e. The number of aromatic nitrogens is 2. The van der Waals surface area contributed by atoms with Crippen LogP contribution in [0.1, 0.15) is 11.7 Å². The molecule has 1 atom stereocenters. The number of hydrogen-bond acceptors (Lipinski definition) is 3. The van der Waals surface area contributed by atoms with Crippen molar-refractivity contribution < 1.29 is 4.74 Å². The molecule has 0 saturated carbocycles. The van der Waals surface area contributed by atoms with E-state index in [1.807, 2.05) is 18.5 Å². The monoisotopic (exact) mass is 253 g/mol. The topological polar surface area (TPSA) is 49.9 Å². The summed E-state index contributed by atoms with van der Waals surface area (Å²) in [6.45, 7) is 2.60. The predicted octanol–water partition coefficient (Wildman–Crippen LogP) is 2.38. The van der Waals surface area contributed by atoms with Gasteiger partial charge in [-0.3, -0.25) is 4.98 Å². The number of fused-ring (bicyclic) bond motifs is 3. The van der Waals surface area contributed by atoms with Crippen molar-refractivity contribution in [1.29, 1.82) is 0 Å². The summed E-state index contributed by atoms with van der Waals surface area (Å²) >= 11 is 0. The minimum atomic E-state index is 0.155. The molecule has 1 fully saturated rings. The van der Waals surface area contributed by atoms with Crippen LogP contribution in [-0.4, -0.2) is 29.7 Å². The number of nitrogens with one attached hydrogen (secondary N) is 2. The Morgan fingerprint density at radius 3 is 3.05 bits per heavy atom. The van der Waals surface area contributed by atoms with E-state index in [1.54, 1.807) is 0 Å². The lowest BCUT2D eigenvalue weighted by Gasteiger charge is -2.23. The van der Waals surface area contributed by atoms with Gasteiger partial charge in [0.25, 0.3) is 0 Å². The number of rotatable bonds is 1. The molecule has 3 heterocycles. The molecule has 0 bridgehead atoms. The summed E-state index contributed by atoms with van der Waals surface area (Å²) in [6, 6.07) is 8.50. The zero-order chi connectivity index (χ0) is 12.7. The molecular weight excluding hydrogens is 238 g/mol. The van der Waals surface area contributed by atoms with Crippen molar-refractivity contribution in [3.63, 3.8) is 0 Å². The van der Waals surface area contributed by atoms with Crippen molar-refractivity contribution in [3.8, 4) is 0 Å². The van der Waals surface area contributed by atoms with Crippen LogP contribution in [-0.2, 0) is 4.74 Å². The molecule has 0 aliphatic carbocycles. The molecule has 19 heavy (non-hydrogen) atoms. The number of nitrogens with zero attached hydrogens (tertiary/aromatic N) is 1. The van der Waals surface area contributed by atoms with E-state index >= 15 is 0 Å². The quantitative estimate of drug-likeness (QED) is 0.700. The minimum Gasteiger partial charge on any atom is -0.371 e. The third-order valence-electron chi connectivity index (χ3n) is 3.72. The first kappa shape index (κ1) is 11.0. The number of morpholine rings is 1. The van der Waals surface area contributed by atoms with E-state index < -0.39 is 0 Å². The number of ether oxygens (including phenoxy) is 1. The number of H-pyrrole nitrogens is 1. The molecule has 1 aliphatic rings. The van der Waals surface area contributed by atoms with Crippen molar-refractivity contribution in [2.75, 3.05) is 19.7 Å². The molecule has 1 unspecified atom stereocenters. The Morgan fingerprint density at radius 1 is 1.16 bits per heavy atom. The van der Waals surface area contributed by atoms with Gasteiger partial charge in [0.05, 0.1) is 12.7 Å². The molecule has 0 radical (unpaired) electrons. The Hall–Kier alpha value is -1.91. The number of pyridine rings is 1. The average molecular weight is 253 g/mol. The summed E-state index contributed by atoms with van der Waals surface area (Å²) in [5.74, 6) is 0. The Morgan fingerprint density at radius 2 is 2.16 bits per heavy atom. The molecule has 4 heteroatoms. The fraction of sp³-hybridized carbons (Fsp3) is 0.267. The van der Waals surface area contributed by atoms with E-state index in [2.05, 4.69) is 33.5 Å². The highest BCUT2D eigenvalue weighted by Crippen LogP contribution is 2.28. The summed E-state index contributed by atoms with van der Waals surface area (Å²) in [5, 5.41) is 5.75. The number of hydrogen-bond donors (Lipinski definition) is 2. The van der Waals surface area contributed by atoms with Crippen molar-refractivity contribution in [2.24, 2.45) is 0 Å². The maximum atomic E-state index is 5.80. The zero-order valence-corrected chi connectivity index (χ0v) is 10.5. The normalized spacial score (nSPS) is 20.1. The second-order valence-corrected chi connectivity index (χ2v) is 4.91. The van der Waals surface area contributed by atoms with E-state index in [-0.39, 0.29) is 6.10 Å². The van der Waals surface area contributed by atoms with Gasteiger partial charge in [-0.15, -0.1) is 0 Å². The molecule has 3 aromatic rings. The number of benzene rings is 1. The highest BCUT2D eigenvalue weighted by molar-refractivity contribution is 6.06. The third kappa shape index (κ3) is 1.80. The fourth-order valence-corrected chi connectivity index (χ4v) is 2.74. The van der Waals surface area contributed by atoms with E-state index in [1.165, 1.54) is 16.3 Å². The first-order valence-electron chi connectivity index (χ1n) is 6.59. The lowest BCUT2D eigenvalue weighted by molar-refractivity contribution is 0.0278. The fourth-order valence-electron chi connectivity index (χ4n) is 2.74. The Kier molecular flexibility index (Phi) is 2.50. The first-order chi connectivity index (χ1) is 9.42. The molecule has 1 aliphatic heterocycles. The van der Waals surface area contributed by atoms with Gasteiger partial charge in [0.1, 0.15) is 0 Å². The van der Waals surface area contributed by atoms with Crippen LogP contribution >= 0.6 is 0 Å². The van der Waals surface area contributed by atoms with Crippen molar-refractivity contribution in [2.45, 2.75) is 6.10 Å². The van der Waals surface area contributed by atoms with E-state index in [4.69, 9.17) is 4.74 Å². The predicted molar refractivity (Wildman–Crippen MR) is 75.2 cm³/mol. The van der Waals surface area contributed by atoms with Gasteiger partial charge < -0.3 is 15.0 Å². The third-order valence-corrected chi connectivity index (χ3v) is 3.72. The Labute approximate surface area is 110 Å². The van der Waals surface area contributed by atoms with Crippen LogP contribution in [0.5, 0.6) is 0 Å². The SMILES string of the molecule is c1cc2[nH]c3cc(C4CNCCO4)ccc3c2cn1. The molecule has 4 nitrogen and oxygen atoms in total. The standard InChI is InChI=1S/C15H15N3O/c1-2-11-12-8-16-4-3-13(12)18-14(11)7-10(1)15-9-17-5-6-19-15/h1-4,7-8,15,17-18H,5-6,9H2. The van der Waals surface area contributed by atoms with Crippen molar-refractivity contribution >= 4 is 21.8 Å². The second kappa shape index (κ2) is 4.33. The lowest BCUT2D eigenvalue weighted by atomic mass is 10.1. The number of aromatic amines is 1. The van der Waals surface area contributed by atoms with Crippen LogP contribution in [0.15, 0.2) is 36.7 Å². The Balaban J connectivity index is 1.84. The molecule has 4 rings (SSSR count). The van der Waals surface area contributed by atoms with Gasteiger partial charge in [0.2, 0.25) is 0 Å². The van der Waals surface area contributed by atoms with Crippen LogP contribution in [0.3, 0.4) is 0 Å². The van der Waals surface area contributed by atoms with Gasteiger partial charge in [-0.25, -0.2) is 0 Å². The summed E-state index contributed by atoms with van der Waals surface area (Å²) in [6.07, 6.45) is 3.88. The molecule has 0 spiro atoms. The highest BCUT2D eigenvalue weighted by atomic mass is 16.5. The minimum absolute atomic E-state index is 0.155. The molecule has 2 aromatic heterocycles. The summed E-state index contributed by atoms with van der Waals surface area (Å²) < 4.78 is 5.80. The average Bonchev–Trinajstić information content (AvgIpc) is 2.86. The first-order valence-corrected chi connectivity index (χ1v) is 6.59. The second-order valence-electron chi connectivity index (χ2n) is 4.91. The van der Waals surface area contributed by atoms with Gasteiger partial charge in [0, 0.05) is 47.3 Å². The van der Waals surface area contributed by atoms with Crippen LogP contribution < -0.4 is 5.32 Å². The molecule has 1 aromatic carbocycles. The molecular formula is C15H15N3O. The summed E-state index contributed by atoms with van der Waals surface area (Å²) in [7, 11) is 0. The van der Waals surface area contributed by atoms with Gasteiger partial charge in [-0.05, 0) is 17.7 Å². The maximum absolute atomic E-state index is 5.80. The molecule has 1 saturated heterocycles. The van der Waals surface area contributed by atoms with E-state index in [0.29, 0.717) is 0 Å². The van der Waals surface area contributed by atoms with Crippen LogP contribution in [0.4, 0.5) is 0 Å². The lowest BCUT2D eigenvalue weighted by Crippen LogP contribution is -2.33. The van der Waals surface area contributed by atoms with Gasteiger partial charge in [0.15, 0.2) is 0 Å². The van der Waals surface area contributed by atoms with Gasteiger partial charge in [-0.1, -0.05) is 12.1 Å².